The van der Waals surface area contributed by atoms with Gasteiger partial charge in [0, 0.05) is 44.8 Å². The Labute approximate surface area is 61.2 Å². The first-order valence-corrected chi connectivity index (χ1v) is 1.02. The molecule has 0 radical (unpaired) electrons. The molecule has 0 aliphatic rings. The molecule has 0 atom stereocenters. The number of hydrogen-bond acceptors (Lipinski definition) is 1. The van der Waals surface area contributed by atoms with E-state index in [-0.39, 0.29) is 49.5 Å². The van der Waals surface area contributed by atoms with Gasteiger partial charge in [-0.1, -0.05) is 0 Å². The number of hydrogen-bond donors (Lipinski definition) is 1. The van der Waals surface area contributed by atoms with Crippen molar-refractivity contribution in [3.63, 3.8) is 0 Å². The first-order valence-electron chi connectivity index (χ1n) is 1.02. The molecular weight excluding hydrogens is 222 g/mol. The number of aliphatic hydroxyl groups is 1. The normalized spacial score (nSPS) is 3.60. The van der Waals surface area contributed by atoms with Crippen molar-refractivity contribution in [1.29, 1.82) is 0 Å². The monoisotopic (exact) mass is 230 g/mol. The second-order valence-electron chi connectivity index (χ2n) is 0.316. The molecule has 1 nitrogen and oxygen atoms in total. The minimum Gasteiger partial charge on any atom is -0.397 e. The molecule has 0 aliphatic heterocycles. The average molecular weight is 229 g/mol. The van der Waals surface area contributed by atoms with Crippen LogP contribution in [0, 0.1) is 38.2 Å². The maximum Gasteiger partial charge on any atom is 0.0402 e. The first kappa shape index (κ1) is 16.4. The Morgan fingerprint density at radius 3 is 1.60 bits per heavy atom. The molecule has 0 spiro atoms. The van der Waals surface area contributed by atoms with Crippen molar-refractivity contribution in [3.8, 4) is 0 Å². The van der Waals surface area contributed by atoms with Crippen molar-refractivity contribution >= 4 is 0 Å². The van der Waals surface area contributed by atoms with Crippen molar-refractivity contribution < 1.29 is 48.0 Å². The van der Waals surface area contributed by atoms with E-state index in [9.17, 15) is 0 Å². The van der Waals surface area contributed by atoms with Gasteiger partial charge in [-0.15, -0.1) is 0 Å². The molecule has 38 valence electrons. The predicted octanol–water partition coefficient (Wildman–Crippen LogP) is 0.151. The van der Waals surface area contributed by atoms with E-state index in [1.807, 2.05) is 0 Å². The Kier molecular flexibility index (Phi) is 62.8. The summed E-state index contributed by atoms with van der Waals surface area (Å²) in [6.07, 6.45) is 0. The van der Waals surface area contributed by atoms with Crippen molar-refractivity contribution in [3.05, 3.63) is 0 Å². The van der Waals surface area contributed by atoms with Gasteiger partial charge in [-0.25, -0.2) is 0 Å². The number of rotatable bonds is 0. The van der Waals surface area contributed by atoms with Crippen LogP contribution in [0.15, 0.2) is 0 Å². The van der Waals surface area contributed by atoms with E-state index >= 15 is 0 Å². The Morgan fingerprint density at radius 2 is 1.60 bits per heavy atom. The second-order valence-corrected chi connectivity index (χ2v) is 0.316. The molecule has 0 aromatic carbocycles. The molecular formula is C2H7DyFO. The van der Waals surface area contributed by atoms with E-state index in [1.165, 1.54) is 0 Å². The molecule has 3 heteroatoms. The topological polar surface area (TPSA) is 20.2 Å². The van der Waals surface area contributed by atoms with E-state index < -0.39 is 0 Å². The quantitative estimate of drug-likeness (QED) is 0.626. The van der Waals surface area contributed by atoms with Crippen LogP contribution in [0.1, 0.15) is 6.92 Å². The van der Waals surface area contributed by atoms with Gasteiger partial charge >= 0.3 is 0 Å². The molecule has 0 aromatic heterocycles. The van der Waals surface area contributed by atoms with Crippen LogP contribution in [-0.2, 0) is 0 Å². The van der Waals surface area contributed by atoms with Gasteiger partial charge in [-0.05, 0) is 6.92 Å². The Bertz CT molecular complexity index is 9.61. The molecule has 0 saturated heterocycles. The molecule has 0 fully saturated rings. The molecule has 5 heavy (non-hydrogen) atoms. The summed E-state index contributed by atoms with van der Waals surface area (Å²) in [6, 6.07) is 0. The van der Waals surface area contributed by atoms with E-state index in [0.717, 1.165) is 0 Å². The fraction of sp³-hybridized carbons (Fsp3) is 1.00. The summed E-state index contributed by atoms with van der Waals surface area (Å²) in [5, 5.41) is 7.57. The molecule has 1 N–H and O–H groups in total. The Morgan fingerprint density at radius 1 is 1.60 bits per heavy atom. The van der Waals surface area contributed by atoms with Gasteiger partial charge in [0.25, 0.3) is 0 Å². The first-order chi connectivity index (χ1) is 1.41. The fourth-order valence-electron chi connectivity index (χ4n) is 0. The predicted molar refractivity (Wildman–Crippen MR) is 15.3 cm³/mol. The largest absolute Gasteiger partial charge is 0.397 e. The fourth-order valence-corrected chi connectivity index (χ4v) is 0. The standard InChI is InChI=1S/C2H6O.Dy.FH/c1-2-3;;/h3H,2H2,1H3;;1H. The molecule has 0 heterocycles. The summed E-state index contributed by atoms with van der Waals surface area (Å²) >= 11 is 0. The SMILES string of the molecule is CCO.F.[Dy]. The molecule has 0 aromatic rings. The van der Waals surface area contributed by atoms with E-state index in [0.29, 0.717) is 0 Å². The van der Waals surface area contributed by atoms with Gasteiger partial charge in [0.05, 0.1) is 0 Å². The number of halogens is 1. The van der Waals surface area contributed by atoms with Crippen LogP contribution in [0.2, 0.25) is 0 Å². The third-order valence-corrected chi connectivity index (χ3v) is 0. The minimum absolute atomic E-state index is 0. The third kappa shape index (κ3) is 38.2. The van der Waals surface area contributed by atoms with Crippen LogP contribution in [-0.4, -0.2) is 11.7 Å². The summed E-state index contributed by atoms with van der Waals surface area (Å²) in [7, 11) is 0. The zero-order valence-corrected chi connectivity index (χ0v) is 4.91. The molecule has 0 unspecified atom stereocenters. The minimum atomic E-state index is 0. The van der Waals surface area contributed by atoms with Crippen LogP contribution in [0.25, 0.3) is 0 Å². The van der Waals surface area contributed by atoms with E-state index in [2.05, 4.69) is 0 Å². The zero-order chi connectivity index (χ0) is 2.71. The Balaban J connectivity index is -0.0000000200. The van der Waals surface area contributed by atoms with Crippen LogP contribution < -0.4 is 0 Å². The van der Waals surface area contributed by atoms with E-state index in [4.69, 9.17) is 5.11 Å². The summed E-state index contributed by atoms with van der Waals surface area (Å²) in [5.74, 6) is 0. The summed E-state index contributed by atoms with van der Waals surface area (Å²) in [4.78, 5) is 0. The average Bonchev–Trinajstić information content (AvgIpc) is 0.918. The van der Waals surface area contributed by atoms with Gasteiger partial charge < -0.3 is 5.11 Å². The molecule has 0 saturated carbocycles. The summed E-state index contributed by atoms with van der Waals surface area (Å²) < 4.78 is 0. The maximum absolute atomic E-state index is 7.57. The van der Waals surface area contributed by atoms with Gasteiger partial charge in [0.15, 0.2) is 0 Å². The van der Waals surface area contributed by atoms with Crippen molar-refractivity contribution in [2.75, 3.05) is 6.61 Å². The number of aliphatic hydroxyl groups excluding tert-OH is 1. The third-order valence-electron chi connectivity index (χ3n) is 0. The van der Waals surface area contributed by atoms with Gasteiger partial charge in [0.1, 0.15) is 0 Å². The van der Waals surface area contributed by atoms with Crippen molar-refractivity contribution in [2.45, 2.75) is 6.92 Å². The van der Waals surface area contributed by atoms with Crippen LogP contribution in [0.4, 0.5) is 4.70 Å². The second kappa shape index (κ2) is 19.1. The van der Waals surface area contributed by atoms with Gasteiger partial charge in [-0.3, -0.25) is 4.70 Å². The van der Waals surface area contributed by atoms with Crippen LogP contribution in [0.5, 0.6) is 0 Å². The van der Waals surface area contributed by atoms with Gasteiger partial charge in [0.2, 0.25) is 0 Å². The molecule has 0 aliphatic carbocycles. The van der Waals surface area contributed by atoms with Crippen LogP contribution in [0.3, 0.4) is 0 Å². The smallest absolute Gasteiger partial charge is 0.0402 e. The zero-order valence-electron chi connectivity index (χ0n) is 2.88. The summed E-state index contributed by atoms with van der Waals surface area (Å²) in [6.45, 7) is 1.93. The van der Waals surface area contributed by atoms with Crippen molar-refractivity contribution in [1.82, 2.24) is 0 Å². The van der Waals surface area contributed by atoms with E-state index in [1.54, 1.807) is 6.92 Å². The molecule has 0 amide bonds. The van der Waals surface area contributed by atoms with Crippen molar-refractivity contribution in [2.24, 2.45) is 0 Å². The summed E-state index contributed by atoms with van der Waals surface area (Å²) in [5.41, 5.74) is 0. The Hall–Kier alpha value is 1.16. The maximum atomic E-state index is 7.57. The molecule has 0 rings (SSSR count). The molecule has 0 bridgehead atoms. The van der Waals surface area contributed by atoms with Gasteiger partial charge in [-0.2, -0.15) is 0 Å². The van der Waals surface area contributed by atoms with Crippen LogP contribution >= 0.6 is 0 Å².